The summed E-state index contributed by atoms with van der Waals surface area (Å²) in [4.78, 5) is 17.7. The summed E-state index contributed by atoms with van der Waals surface area (Å²) in [5.41, 5.74) is 3.16. The smallest absolute Gasteiger partial charge is 0.255 e. The molecule has 0 saturated carbocycles. The molecule has 5 heteroatoms. The molecule has 5 nitrogen and oxygen atoms in total. The van der Waals surface area contributed by atoms with E-state index in [0.29, 0.717) is 12.0 Å². The van der Waals surface area contributed by atoms with Crippen molar-refractivity contribution < 1.29 is 9.53 Å². The zero-order valence-electron chi connectivity index (χ0n) is 15.5. The predicted molar refractivity (Wildman–Crippen MR) is 95.4 cm³/mol. The van der Waals surface area contributed by atoms with Crippen LogP contribution in [-0.4, -0.2) is 65.7 Å². The lowest BCUT2D eigenvalue weighted by atomic mass is 9.99. The number of aromatic nitrogens is 1. The fourth-order valence-electron chi connectivity index (χ4n) is 4.42. The van der Waals surface area contributed by atoms with Crippen LogP contribution in [0.15, 0.2) is 6.07 Å². The van der Waals surface area contributed by atoms with Crippen molar-refractivity contribution in [2.75, 3.05) is 39.4 Å². The van der Waals surface area contributed by atoms with Gasteiger partial charge >= 0.3 is 0 Å². The van der Waals surface area contributed by atoms with Gasteiger partial charge in [0.15, 0.2) is 0 Å². The van der Waals surface area contributed by atoms with Crippen molar-refractivity contribution in [3.8, 4) is 0 Å². The van der Waals surface area contributed by atoms with Crippen LogP contribution in [0, 0.1) is 19.8 Å². The molecule has 1 amide bonds. The number of morpholine rings is 1. The number of carbonyl (C=O) groups excluding carboxylic acids is 1. The topological polar surface area (TPSA) is 37.7 Å². The highest BCUT2D eigenvalue weighted by Gasteiger charge is 2.38. The lowest BCUT2D eigenvalue weighted by Gasteiger charge is -2.34. The summed E-state index contributed by atoms with van der Waals surface area (Å²) in [6.07, 6.45) is 1.12. The SMILES string of the molecule is CC[C@H]1CN(C(=O)c2cc(C)n(CC)c2C)C[C@H]1N1CCOCC1. The van der Waals surface area contributed by atoms with E-state index in [9.17, 15) is 4.79 Å². The third-order valence-corrected chi connectivity index (χ3v) is 5.85. The summed E-state index contributed by atoms with van der Waals surface area (Å²) < 4.78 is 7.71. The highest BCUT2D eigenvalue weighted by atomic mass is 16.5. The van der Waals surface area contributed by atoms with Crippen LogP contribution in [-0.2, 0) is 11.3 Å². The number of hydrogen-bond acceptors (Lipinski definition) is 3. The maximum absolute atomic E-state index is 13.1. The van der Waals surface area contributed by atoms with Crippen LogP contribution in [0.3, 0.4) is 0 Å². The maximum Gasteiger partial charge on any atom is 0.255 e. The summed E-state index contributed by atoms with van der Waals surface area (Å²) in [5.74, 6) is 0.777. The minimum Gasteiger partial charge on any atom is -0.379 e. The molecule has 134 valence electrons. The largest absolute Gasteiger partial charge is 0.379 e. The second-order valence-corrected chi connectivity index (χ2v) is 7.12. The van der Waals surface area contributed by atoms with Crippen molar-refractivity contribution in [3.63, 3.8) is 0 Å². The van der Waals surface area contributed by atoms with Crippen molar-refractivity contribution in [1.29, 1.82) is 0 Å². The number of aryl methyl sites for hydroxylation is 1. The minimum absolute atomic E-state index is 0.206. The molecule has 0 spiro atoms. The molecule has 3 rings (SSSR count). The van der Waals surface area contributed by atoms with E-state index in [2.05, 4.69) is 48.1 Å². The molecule has 24 heavy (non-hydrogen) atoms. The molecule has 2 fully saturated rings. The highest BCUT2D eigenvalue weighted by molar-refractivity contribution is 5.96. The van der Waals surface area contributed by atoms with Crippen LogP contribution in [0.4, 0.5) is 0 Å². The van der Waals surface area contributed by atoms with Crippen molar-refractivity contribution >= 4 is 5.91 Å². The molecule has 0 radical (unpaired) electrons. The van der Waals surface area contributed by atoms with Gasteiger partial charge in [0.1, 0.15) is 0 Å². The molecule has 3 heterocycles. The molecule has 2 aliphatic rings. The second kappa shape index (κ2) is 7.28. The first-order valence-electron chi connectivity index (χ1n) is 9.34. The minimum atomic E-state index is 0.206. The second-order valence-electron chi connectivity index (χ2n) is 7.12. The molecule has 0 unspecified atom stereocenters. The fraction of sp³-hybridized carbons (Fsp3) is 0.737. The van der Waals surface area contributed by atoms with Gasteiger partial charge in [0.25, 0.3) is 5.91 Å². The Morgan fingerprint density at radius 1 is 1.21 bits per heavy atom. The Morgan fingerprint density at radius 2 is 1.92 bits per heavy atom. The highest BCUT2D eigenvalue weighted by Crippen LogP contribution is 2.28. The monoisotopic (exact) mass is 333 g/mol. The van der Waals surface area contributed by atoms with Crippen LogP contribution in [0.25, 0.3) is 0 Å². The average molecular weight is 333 g/mol. The fourth-order valence-corrected chi connectivity index (χ4v) is 4.42. The van der Waals surface area contributed by atoms with Gasteiger partial charge in [-0.25, -0.2) is 0 Å². The Morgan fingerprint density at radius 3 is 2.50 bits per heavy atom. The van der Waals surface area contributed by atoms with Gasteiger partial charge in [-0.05, 0) is 32.8 Å². The molecular weight excluding hydrogens is 302 g/mol. The van der Waals surface area contributed by atoms with E-state index in [4.69, 9.17) is 4.74 Å². The van der Waals surface area contributed by atoms with E-state index >= 15 is 0 Å². The summed E-state index contributed by atoms with van der Waals surface area (Å²) in [6.45, 7) is 14.8. The third-order valence-electron chi connectivity index (χ3n) is 5.85. The quantitative estimate of drug-likeness (QED) is 0.848. The van der Waals surface area contributed by atoms with E-state index in [-0.39, 0.29) is 5.91 Å². The zero-order valence-corrected chi connectivity index (χ0v) is 15.5. The van der Waals surface area contributed by atoms with Crippen molar-refractivity contribution in [3.05, 3.63) is 23.0 Å². The van der Waals surface area contributed by atoms with Crippen molar-refractivity contribution in [1.82, 2.24) is 14.4 Å². The lowest BCUT2D eigenvalue weighted by molar-refractivity contribution is 0.0103. The van der Waals surface area contributed by atoms with E-state index < -0.39 is 0 Å². The van der Waals surface area contributed by atoms with Gasteiger partial charge in [-0.3, -0.25) is 9.69 Å². The summed E-state index contributed by atoms with van der Waals surface area (Å²) in [5, 5.41) is 0. The Labute approximate surface area is 145 Å². The van der Waals surface area contributed by atoms with Gasteiger partial charge in [0, 0.05) is 50.2 Å². The molecule has 1 aromatic rings. The first-order chi connectivity index (χ1) is 11.6. The summed E-state index contributed by atoms with van der Waals surface area (Å²) in [6, 6.07) is 2.54. The zero-order chi connectivity index (χ0) is 17.3. The normalized spacial score (nSPS) is 25.4. The first kappa shape index (κ1) is 17.5. The summed E-state index contributed by atoms with van der Waals surface area (Å²) in [7, 11) is 0. The van der Waals surface area contributed by atoms with Crippen LogP contribution in [0.1, 0.15) is 42.0 Å². The van der Waals surface area contributed by atoms with Gasteiger partial charge < -0.3 is 14.2 Å². The molecule has 0 aromatic carbocycles. The summed E-state index contributed by atoms with van der Waals surface area (Å²) >= 11 is 0. The predicted octanol–water partition coefficient (Wildman–Crippen LogP) is 2.31. The third kappa shape index (κ3) is 3.11. The Balaban J connectivity index is 1.76. The number of carbonyl (C=O) groups is 1. The number of amides is 1. The van der Waals surface area contributed by atoms with Gasteiger partial charge in [-0.15, -0.1) is 0 Å². The Hall–Kier alpha value is -1.33. The standard InChI is InChI=1S/C19H31N3O2/c1-5-16-12-21(13-18(16)20-7-9-24-10-8-20)19(23)17-11-14(3)22(6-2)15(17)4/h11,16,18H,5-10,12-13H2,1-4H3/t16-,18+/m0/s1. The van der Waals surface area contributed by atoms with E-state index in [1.54, 1.807) is 0 Å². The number of nitrogens with zero attached hydrogens (tertiary/aromatic N) is 3. The number of ether oxygens (including phenoxy) is 1. The van der Waals surface area contributed by atoms with E-state index in [1.165, 1.54) is 5.69 Å². The molecule has 2 atom stereocenters. The molecule has 0 aliphatic carbocycles. The van der Waals surface area contributed by atoms with E-state index in [1.807, 2.05) is 0 Å². The number of likely N-dealkylation sites (tertiary alicyclic amines) is 1. The van der Waals surface area contributed by atoms with E-state index in [0.717, 1.165) is 63.6 Å². The molecule has 0 N–H and O–H groups in total. The molecule has 2 saturated heterocycles. The van der Waals surface area contributed by atoms with Crippen LogP contribution in [0.2, 0.25) is 0 Å². The molecular formula is C19H31N3O2. The van der Waals surface area contributed by atoms with Gasteiger partial charge in [-0.1, -0.05) is 13.3 Å². The van der Waals surface area contributed by atoms with Crippen LogP contribution >= 0.6 is 0 Å². The van der Waals surface area contributed by atoms with Gasteiger partial charge in [-0.2, -0.15) is 0 Å². The lowest BCUT2D eigenvalue weighted by Crippen LogP contribution is -2.47. The van der Waals surface area contributed by atoms with Gasteiger partial charge in [0.2, 0.25) is 0 Å². The number of hydrogen-bond donors (Lipinski definition) is 0. The maximum atomic E-state index is 13.1. The van der Waals surface area contributed by atoms with Crippen LogP contribution < -0.4 is 0 Å². The number of rotatable bonds is 4. The average Bonchev–Trinajstić information content (AvgIpc) is 3.16. The molecule has 0 bridgehead atoms. The Kier molecular flexibility index (Phi) is 5.30. The van der Waals surface area contributed by atoms with Crippen molar-refractivity contribution in [2.24, 2.45) is 5.92 Å². The van der Waals surface area contributed by atoms with Crippen molar-refractivity contribution in [2.45, 2.75) is 46.7 Å². The Bertz CT molecular complexity index is 590. The first-order valence-corrected chi connectivity index (χ1v) is 9.34. The van der Waals surface area contributed by atoms with Gasteiger partial charge in [0.05, 0.1) is 18.8 Å². The van der Waals surface area contributed by atoms with Crippen LogP contribution in [0.5, 0.6) is 0 Å². The molecule has 1 aromatic heterocycles. The molecule has 2 aliphatic heterocycles.